The van der Waals surface area contributed by atoms with Crippen LogP contribution in [0.25, 0.3) is 0 Å². The van der Waals surface area contributed by atoms with Crippen LogP contribution in [0.2, 0.25) is 0 Å². The fraction of sp³-hybridized carbons (Fsp3) is 0.500. The topological polar surface area (TPSA) is 151 Å². The van der Waals surface area contributed by atoms with Crippen molar-refractivity contribution in [3.8, 4) is 0 Å². The number of nitrogens with two attached hydrogens (primary N) is 1. The van der Waals surface area contributed by atoms with E-state index in [1.807, 2.05) is 0 Å². The monoisotopic (exact) mass is 393 g/mol. The van der Waals surface area contributed by atoms with Crippen molar-refractivity contribution in [3.05, 3.63) is 39.9 Å². The van der Waals surface area contributed by atoms with E-state index in [1.165, 1.54) is 24.3 Å². The number of hydrogen-bond donors (Lipinski definition) is 2. The van der Waals surface area contributed by atoms with Gasteiger partial charge in [0, 0.05) is 24.7 Å². The van der Waals surface area contributed by atoms with E-state index < -0.39 is 40.8 Å². The number of rotatable bonds is 9. The minimum atomic E-state index is -1.21. The number of amides is 2. The number of ether oxygens (including phenoxy) is 2. The molecule has 2 rings (SSSR count). The van der Waals surface area contributed by atoms with Crippen molar-refractivity contribution in [1.82, 2.24) is 5.32 Å². The number of primary amides is 1. The molecule has 1 fully saturated rings. The third-order valence-corrected chi connectivity index (χ3v) is 4.45. The Morgan fingerprint density at radius 1 is 1.36 bits per heavy atom. The fourth-order valence-electron chi connectivity index (χ4n) is 3.07. The lowest BCUT2D eigenvalue weighted by atomic mass is 9.87. The average molecular weight is 393 g/mol. The Labute approximate surface area is 161 Å². The number of esters is 1. The molecule has 0 aromatic heterocycles. The Hall–Kier alpha value is -3.01. The van der Waals surface area contributed by atoms with Crippen molar-refractivity contribution in [3.63, 3.8) is 0 Å². The fourth-order valence-corrected chi connectivity index (χ4v) is 3.07. The first-order chi connectivity index (χ1) is 13.3. The van der Waals surface area contributed by atoms with Gasteiger partial charge in [-0.05, 0) is 25.3 Å². The predicted molar refractivity (Wildman–Crippen MR) is 97.2 cm³/mol. The summed E-state index contributed by atoms with van der Waals surface area (Å²) in [4.78, 5) is 46.8. The first-order valence-corrected chi connectivity index (χ1v) is 8.94. The molecule has 0 radical (unpaired) electrons. The largest absolute Gasteiger partial charge is 0.466 e. The smallest absolute Gasteiger partial charge is 0.306 e. The maximum atomic E-state index is 12.4. The Morgan fingerprint density at radius 3 is 2.54 bits per heavy atom. The predicted octanol–water partition coefficient (Wildman–Crippen LogP) is 0.781. The van der Waals surface area contributed by atoms with Gasteiger partial charge < -0.3 is 20.5 Å². The highest BCUT2D eigenvalue weighted by Crippen LogP contribution is 2.27. The van der Waals surface area contributed by atoms with Gasteiger partial charge in [-0.2, -0.15) is 0 Å². The summed E-state index contributed by atoms with van der Waals surface area (Å²) in [6, 6.07) is 4.16. The number of benzene rings is 1. The Bertz CT molecular complexity index is 729. The summed E-state index contributed by atoms with van der Waals surface area (Å²) in [5, 5.41) is 13.4. The molecule has 1 aromatic carbocycles. The molecule has 0 saturated carbocycles. The van der Waals surface area contributed by atoms with Crippen LogP contribution in [0.3, 0.4) is 0 Å². The van der Waals surface area contributed by atoms with Crippen LogP contribution in [0.4, 0.5) is 5.69 Å². The molecule has 152 valence electrons. The van der Waals surface area contributed by atoms with E-state index in [0.29, 0.717) is 18.6 Å². The zero-order chi connectivity index (χ0) is 20.7. The molecule has 3 atom stereocenters. The highest BCUT2D eigenvalue weighted by atomic mass is 16.6. The number of carbonyl (C=O) groups is 3. The Kier molecular flexibility index (Phi) is 7.44. The first kappa shape index (κ1) is 21.3. The third-order valence-electron chi connectivity index (χ3n) is 4.45. The molecule has 0 unspecified atom stereocenters. The minimum Gasteiger partial charge on any atom is -0.466 e. The van der Waals surface area contributed by atoms with Crippen LogP contribution < -0.4 is 11.1 Å². The van der Waals surface area contributed by atoms with Gasteiger partial charge in [0.2, 0.25) is 11.8 Å². The third kappa shape index (κ3) is 5.49. The molecule has 10 nitrogen and oxygen atoms in total. The van der Waals surface area contributed by atoms with Gasteiger partial charge >= 0.3 is 5.97 Å². The van der Waals surface area contributed by atoms with Crippen LogP contribution in [0.15, 0.2) is 24.3 Å². The number of nitro groups is 1. The Balaban J connectivity index is 2.29. The Morgan fingerprint density at radius 2 is 2.04 bits per heavy atom. The minimum absolute atomic E-state index is 0.141. The maximum Gasteiger partial charge on any atom is 0.306 e. The molecule has 0 aliphatic carbocycles. The molecule has 1 saturated heterocycles. The highest BCUT2D eigenvalue weighted by Gasteiger charge is 2.34. The van der Waals surface area contributed by atoms with Crippen molar-refractivity contribution < 1.29 is 28.8 Å². The number of hydrogen-bond acceptors (Lipinski definition) is 7. The van der Waals surface area contributed by atoms with Crippen molar-refractivity contribution in [2.75, 3.05) is 13.2 Å². The van der Waals surface area contributed by atoms with Crippen molar-refractivity contribution in [1.29, 1.82) is 0 Å². The standard InChI is InChI=1S/C18H23N3O7/c1-2-27-15(22)10-13(11-5-7-12(8-6-11)21(25)26)16(17(19)23)20-18(24)14-4-3-9-28-14/h5-8,13-14,16H,2-4,9-10H2,1H3,(H2,19,23)(H,20,24)/t13-,14-,16+/m1/s1. The van der Waals surface area contributed by atoms with E-state index in [9.17, 15) is 24.5 Å². The van der Waals surface area contributed by atoms with Gasteiger partial charge in [0.05, 0.1) is 18.0 Å². The van der Waals surface area contributed by atoms with E-state index >= 15 is 0 Å². The second kappa shape index (κ2) is 9.79. The number of non-ortho nitro benzene ring substituents is 1. The molecule has 10 heteroatoms. The van der Waals surface area contributed by atoms with Crippen LogP contribution in [-0.4, -0.2) is 48.1 Å². The zero-order valence-corrected chi connectivity index (χ0v) is 15.5. The summed E-state index contributed by atoms with van der Waals surface area (Å²) in [5.74, 6) is -2.75. The molecule has 1 heterocycles. The first-order valence-electron chi connectivity index (χ1n) is 8.94. The average Bonchev–Trinajstić information content (AvgIpc) is 3.19. The molecule has 28 heavy (non-hydrogen) atoms. The van der Waals surface area contributed by atoms with E-state index in [4.69, 9.17) is 15.2 Å². The van der Waals surface area contributed by atoms with Gasteiger partial charge in [-0.25, -0.2) is 0 Å². The van der Waals surface area contributed by atoms with Crippen molar-refractivity contribution in [2.45, 2.75) is 44.2 Å². The van der Waals surface area contributed by atoms with Gasteiger partial charge in [-0.15, -0.1) is 0 Å². The summed E-state index contributed by atoms with van der Waals surface area (Å²) >= 11 is 0. The summed E-state index contributed by atoms with van der Waals surface area (Å²) in [7, 11) is 0. The van der Waals surface area contributed by atoms with E-state index in [0.717, 1.165) is 6.42 Å². The van der Waals surface area contributed by atoms with Crippen molar-refractivity contribution >= 4 is 23.5 Å². The van der Waals surface area contributed by atoms with Gasteiger partial charge in [-0.1, -0.05) is 12.1 Å². The molecule has 3 N–H and O–H groups in total. The summed E-state index contributed by atoms with van der Waals surface area (Å²) < 4.78 is 10.3. The summed E-state index contributed by atoms with van der Waals surface area (Å²) in [6.45, 7) is 2.24. The van der Waals surface area contributed by atoms with Gasteiger partial charge in [0.25, 0.3) is 5.69 Å². The van der Waals surface area contributed by atoms with Crippen LogP contribution in [-0.2, 0) is 23.9 Å². The van der Waals surface area contributed by atoms with Gasteiger partial charge in [-0.3, -0.25) is 24.5 Å². The number of nitro benzene ring substituents is 1. The molecule has 1 aliphatic rings. The lowest BCUT2D eigenvalue weighted by Crippen LogP contribution is -2.51. The second-order valence-corrected chi connectivity index (χ2v) is 6.35. The molecular formula is C18H23N3O7. The summed E-state index contributed by atoms with van der Waals surface area (Å²) in [6.07, 6.45) is 0.345. The van der Waals surface area contributed by atoms with E-state index in [-0.39, 0.29) is 18.7 Å². The van der Waals surface area contributed by atoms with Crippen LogP contribution in [0.1, 0.15) is 37.7 Å². The zero-order valence-electron chi connectivity index (χ0n) is 15.5. The van der Waals surface area contributed by atoms with E-state index in [1.54, 1.807) is 6.92 Å². The SMILES string of the molecule is CCOC(=O)C[C@H](c1ccc([N+](=O)[O-])cc1)[C@H](NC(=O)[C@H]1CCCO1)C(N)=O. The normalized spacial score (nSPS) is 18.1. The lowest BCUT2D eigenvalue weighted by Gasteiger charge is -2.26. The van der Waals surface area contributed by atoms with Crippen LogP contribution >= 0.6 is 0 Å². The molecule has 0 bridgehead atoms. The maximum absolute atomic E-state index is 12.4. The number of nitrogens with one attached hydrogen (secondary N) is 1. The molecule has 0 spiro atoms. The molecule has 1 aliphatic heterocycles. The molecule has 1 aromatic rings. The lowest BCUT2D eigenvalue weighted by molar-refractivity contribution is -0.384. The van der Waals surface area contributed by atoms with Crippen LogP contribution in [0.5, 0.6) is 0 Å². The molecular weight excluding hydrogens is 370 g/mol. The molecule has 2 amide bonds. The quantitative estimate of drug-likeness (QED) is 0.357. The van der Waals surface area contributed by atoms with Gasteiger partial charge in [0.15, 0.2) is 0 Å². The summed E-state index contributed by atoms with van der Waals surface area (Å²) in [5.41, 5.74) is 5.79. The second-order valence-electron chi connectivity index (χ2n) is 6.35. The van der Waals surface area contributed by atoms with Crippen molar-refractivity contribution in [2.24, 2.45) is 5.73 Å². The van der Waals surface area contributed by atoms with Crippen LogP contribution in [0, 0.1) is 10.1 Å². The van der Waals surface area contributed by atoms with Gasteiger partial charge in [0.1, 0.15) is 12.1 Å². The highest BCUT2D eigenvalue weighted by molar-refractivity contribution is 5.90. The number of carbonyl (C=O) groups excluding carboxylic acids is 3. The number of nitrogens with zero attached hydrogens (tertiary/aromatic N) is 1. The van der Waals surface area contributed by atoms with E-state index in [2.05, 4.69) is 5.32 Å².